The maximum atomic E-state index is 5.77. The Labute approximate surface area is 112 Å². The maximum absolute atomic E-state index is 5.77. The Balaban J connectivity index is 2.39. The van der Waals surface area contributed by atoms with E-state index >= 15 is 0 Å². The second-order valence-corrected chi connectivity index (χ2v) is 5.42. The summed E-state index contributed by atoms with van der Waals surface area (Å²) in [6.45, 7) is 4.83. The molecule has 0 saturated heterocycles. The fraction of sp³-hybridized carbons (Fsp3) is 0.357. The minimum absolute atomic E-state index is 0.297. The SMILES string of the molecule is COCc1ccccc1C(C)c1sc(N)nc1C. The fourth-order valence-corrected chi connectivity index (χ4v) is 3.12. The molecule has 1 unspecified atom stereocenters. The summed E-state index contributed by atoms with van der Waals surface area (Å²) in [7, 11) is 1.72. The van der Waals surface area contributed by atoms with Crippen LogP contribution >= 0.6 is 11.3 Å². The number of nitrogens with two attached hydrogens (primary N) is 1. The van der Waals surface area contributed by atoms with Crippen LogP contribution in [-0.2, 0) is 11.3 Å². The topological polar surface area (TPSA) is 48.1 Å². The number of nitrogen functional groups attached to an aromatic ring is 1. The summed E-state index contributed by atoms with van der Waals surface area (Å²) < 4.78 is 5.25. The van der Waals surface area contributed by atoms with E-state index in [2.05, 4.69) is 30.1 Å². The van der Waals surface area contributed by atoms with Gasteiger partial charge < -0.3 is 10.5 Å². The number of benzene rings is 1. The number of rotatable bonds is 4. The van der Waals surface area contributed by atoms with Crippen LogP contribution in [0.5, 0.6) is 0 Å². The number of thiazole rings is 1. The van der Waals surface area contributed by atoms with E-state index in [0.717, 1.165) is 5.69 Å². The highest BCUT2D eigenvalue weighted by atomic mass is 32.1. The molecule has 2 N–H and O–H groups in total. The van der Waals surface area contributed by atoms with Crippen molar-refractivity contribution in [2.75, 3.05) is 12.8 Å². The molecule has 1 aromatic heterocycles. The van der Waals surface area contributed by atoms with Gasteiger partial charge in [-0.15, -0.1) is 11.3 Å². The molecule has 0 spiro atoms. The Morgan fingerprint density at radius 2 is 2.11 bits per heavy atom. The Bertz CT molecular complexity index is 536. The molecular weight excluding hydrogens is 244 g/mol. The van der Waals surface area contributed by atoms with Gasteiger partial charge in [0.15, 0.2) is 5.13 Å². The molecule has 1 heterocycles. The van der Waals surface area contributed by atoms with Gasteiger partial charge >= 0.3 is 0 Å². The highest BCUT2D eigenvalue weighted by Gasteiger charge is 2.17. The molecule has 0 radical (unpaired) electrons. The molecule has 2 aromatic rings. The first kappa shape index (κ1) is 13.1. The predicted molar refractivity (Wildman–Crippen MR) is 75.9 cm³/mol. The standard InChI is InChI=1S/C14H18N2OS/c1-9(13-10(2)16-14(15)18-13)12-7-5-4-6-11(12)8-17-3/h4-7,9H,8H2,1-3H3,(H2,15,16). The van der Waals surface area contributed by atoms with Crippen LogP contribution in [0.2, 0.25) is 0 Å². The van der Waals surface area contributed by atoms with E-state index in [1.54, 1.807) is 18.4 Å². The van der Waals surface area contributed by atoms with Gasteiger partial charge in [0.05, 0.1) is 12.3 Å². The molecule has 0 aliphatic heterocycles. The summed E-state index contributed by atoms with van der Waals surface area (Å²) in [4.78, 5) is 5.53. The number of aryl methyl sites for hydroxylation is 1. The number of anilines is 1. The number of hydrogen-bond acceptors (Lipinski definition) is 4. The second-order valence-electron chi connectivity index (χ2n) is 4.36. The zero-order chi connectivity index (χ0) is 13.1. The average molecular weight is 262 g/mol. The maximum Gasteiger partial charge on any atom is 0.180 e. The third-order valence-corrected chi connectivity index (χ3v) is 4.23. The molecule has 1 atom stereocenters. The van der Waals surface area contributed by atoms with E-state index in [-0.39, 0.29) is 0 Å². The molecule has 1 aromatic carbocycles. The third-order valence-electron chi connectivity index (χ3n) is 3.06. The number of methoxy groups -OCH3 is 1. The number of hydrogen-bond donors (Lipinski definition) is 1. The lowest BCUT2D eigenvalue weighted by Gasteiger charge is -2.15. The Morgan fingerprint density at radius 1 is 1.39 bits per heavy atom. The molecule has 2 rings (SSSR count). The predicted octanol–water partition coefficient (Wildman–Crippen LogP) is 3.33. The van der Waals surface area contributed by atoms with Gasteiger partial charge in [-0.1, -0.05) is 31.2 Å². The monoisotopic (exact) mass is 262 g/mol. The molecule has 0 aliphatic rings. The largest absolute Gasteiger partial charge is 0.380 e. The van der Waals surface area contributed by atoms with Gasteiger partial charge in [0.1, 0.15) is 0 Å². The van der Waals surface area contributed by atoms with Crippen LogP contribution < -0.4 is 5.73 Å². The highest BCUT2D eigenvalue weighted by molar-refractivity contribution is 7.15. The van der Waals surface area contributed by atoms with E-state index in [4.69, 9.17) is 10.5 Å². The van der Waals surface area contributed by atoms with E-state index in [9.17, 15) is 0 Å². The second kappa shape index (κ2) is 5.50. The minimum Gasteiger partial charge on any atom is -0.380 e. The first-order chi connectivity index (χ1) is 8.63. The van der Waals surface area contributed by atoms with Crippen molar-refractivity contribution < 1.29 is 4.74 Å². The number of nitrogens with zero attached hydrogens (tertiary/aromatic N) is 1. The van der Waals surface area contributed by atoms with Crippen molar-refractivity contribution >= 4 is 16.5 Å². The molecule has 0 aliphatic carbocycles. The first-order valence-corrected chi connectivity index (χ1v) is 6.74. The third kappa shape index (κ3) is 2.54. The normalized spacial score (nSPS) is 12.6. The fourth-order valence-electron chi connectivity index (χ4n) is 2.22. The molecule has 18 heavy (non-hydrogen) atoms. The first-order valence-electron chi connectivity index (χ1n) is 5.93. The summed E-state index contributed by atoms with van der Waals surface area (Å²) in [5, 5.41) is 0.638. The highest BCUT2D eigenvalue weighted by Crippen LogP contribution is 2.34. The van der Waals surface area contributed by atoms with E-state index in [1.807, 2.05) is 13.0 Å². The van der Waals surface area contributed by atoms with Crippen molar-refractivity contribution in [1.82, 2.24) is 4.98 Å². The van der Waals surface area contributed by atoms with Gasteiger partial charge in [-0.2, -0.15) is 0 Å². The van der Waals surface area contributed by atoms with Crippen LogP contribution in [0.4, 0.5) is 5.13 Å². The smallest absolute Gasteiger partial charge is 0.180 e. The van der Waals surface area contributed by atoms with Crippen LogP contribution in [0.3, 0.4) is 0 Å². The summed E-state index contributed by atoms with van der Waals surface area (Å²) >= 11 is 1.57. The lowest BCUT2D eigenvalue weighted by atomic mass is 9.94. The van der Waals surface area contributed by atoms with Crippen molar-refractivity contribution in [3.63, 3.8) is 0 Å². The quantitative estimate of drug-likeness (QED) is 0.919. The Hall–Kier alpha value is -1.39. The average Bonchev–Trinajstić information content (AvgIpc) is 2.69. The molecule has 0 bridgehead atoms. The van der Waals surface area contributed by atoms with Crippen LogP contribution in [0, 0.1) is 6.92 Å². The molecule has 0 amide bonds. The van der Waals surface area contributed by atoms with Crippen LogP contribution in [0.1, 0.15) is 34.5 Å². The van der Waals surface area contributed by atoms with Gasteiger partial charge in [0.25, 0.3) is 0 Å². The lowest BCUT2D eigenvalue weighted by Crippen LogP contribution is -2.01. The molecule has 4 heteroatoms. The van der Waals surface area contributed by atoms with Crippen molar-refractivity contribution in [3.8, 4) is 0 Å². The zero-order valence-corrected chi connectivity index (χ0v) is 11.8. The van der Waals surface area contributed by atoms with Crippen molar-refractivity contribution in [1.29, 1.82) is 0 Å². The summed E-state index contributed by atoms with van der Waals surface area (Å²) in [6, 6.07) is 8.35. The molecule has 0 saturated carbocycles. The lowest BCUT2D eigenvalue weighted by molar-refractivity contribution is 0.184. The Morgan fingerprint density at radius 3 is 2.72 bits per heavy atom. The minimum atomic E-state index is 0.297. The summed E-state index contributed by atoms with van der Waals surface area (Å²) in [5.41, 5.74) is 9.30. The number of aromatic nitrogens is 1. The van der Waals surface area contributed by atoms with Crippen molar-refractivity contribution in [2.45, 2.75) is 26.4 Å². The molecule has 3 nitrogen and oxygen atoms in total. The Kier molecular flexibility index (Phi) is 3.99. The van der Waals surface area contributed by atoms with E-state index in [1.165, 1.54) is 16.0 Å². The zero-order valence-electron chi connectivity index (χ0n) is 10.9. The number of ether oxygens (including phenoxy) is 1. The van der Waals surface area contributed by atoms with Crippen molar-refractivity contribution in [3.05, 3.63) is 46.0 Å². The van der Waals surface area contributed by atoms with Crippen molar-refractivity contribution in [2.24, 2.45) is 0 Å². The van der Waals surface area contributed by atoms with E-state index in [0.29, 0.717) is 17.7 Å². The van der Waals surface area contributed by atoms with Crippen LogP contribution in [0.25, 0.3) is 0 Å². The summed E-state index contributed by atoms with van der Waals surface area (Å²) in [5.74, 6) is 0.297. The van der Waals surface area contributed by atoms with Gasteiger partial charge in [0, 0.05) is 17.9 Å². The van der Waals surface area contributed by atoms with Gasteiger partial charge in [-0.3, -0.25) is 0 Å². The van der Waals surface area contributed by atoms with Crippen LogP contribution in [0.15, 0.2) is 24.3 Å². The molecule has 96 valence electrons. The van der Waals surface area contributed by atoms with Gasteiger partial charge in [0.2, 0.25) is 0 Å². The van der Waals surface area contributed by atoms with E-state index < -0.39 is 0 Å². The summed E-state index contributed by atoms with van der Waals surface area (Å²) in [6.07, 6.45) is 0. The van der Waals surface area contributed by atoms with Gasteiger partial charge in [-0.05, 0) is 18.1 Å². The molecule has 0 fully saturated rings. The van der Waals surface area contributed by atoms with Crippen LogP contribution in [-0.4, -0.2) is 12.1 Å². The molecular formula is C14H18N2OS. The van der Waals surface area contributed by atoms with Gasteiger partial charge in [-0.25, -0.2) is 4.98 Å².